The zero-order valence-electron chi connectivity index (χ0n) is 27.7. The summed E-state index contributed by atoms with van der Waals surface area (Å²) < 4.78 is 26.8. The number of amides is 1. The number of para-hydroxylation sites is 2. The Morgan fingerprint density at radius 2 is 1.85 bits per heavy atom. The Labute approximate surface area is 300 Å². The van der Waals surface area contributed by atoms with Gasteiger partial charge in [0.15, 0.2) is 5.11 Å². The zero-order valence-corrected chi connectivity index (χ0v) is 28.5. The third kappa shape index (κ3) is 5.59. The molecule has 8 rings (SSSR count). The maximum atomic E-state index is 14.4. The third-order valence-corrected chi connectivity index (χ3v) is 9.90. The van der Waals surface area contributed by atoms with Crippen LogP contribution in [0.2, 0.25) is 0 Å². The van der Waals surface area contributed by atoms with E-state index in [0.717, 1.165) is 45.1 Å². The monoisotopic (exact) mass is 715 g/mol. The Morgan fingerprint density at radius 3 is 2.65 bits per heavy atom. The molecule has 2 aliphatic heterocycles. The summed E-state index contributed by atoms with van der Waals surface area (Å²) in [5.74, 6) is -2.82. The molecule has 0 saturated heterocycles. The summed E-state index contributed by atoms with van der Waals surface area (Å²) in [5, 5.41) is 7.00. The SMILES string of the molecule is CC[C@@]1(OC(=O)[C@H](Cc2c[nH]c3ccccc23)NC(=S)NC(=O)c2ccc(F)cc2)C(=O)OCc2c1cc1n(c2=O)Cc2cc3ccccc3nc2-1. The second-order valence-electron chi connectivity index (χ2n) is 12.7. The van der Waals surface area contributed by atoms with Crippen LogP contribution in [0, 0.1) is 5.82 Å². The average Bonchev–Trinajstić information content (AvgIpc) is 3.72. The summed E-state index contributed by atoms with van der Waals surface area (Å²) >= 11 is 5.46. The highest BCUT2D eigenvalue weighted by Gasteiger charge is 2.51. The van der Waals surface area contributed by atoms with Crippen LogP contribution in [0.4, 0.5) is 4.39 Å². The molecular formula is C39H30FN5O6S. The Hall–Kier alpha value is -6.21. The van der Waals surface area contributed by atoms with Gasteiger partial charge in [-0.25, -0.2) is 19.0 Å². The highest BCUT2D eigenvalue weighted by Crippen LogP contribution is 2.41. The van der Waals surface area contributed by atoms with Crippen LogP contribution in [0.5, 0.6) is 0 Å². The molecule has 3 aromatic heterocycles. The van der Waals surface area contributed by atoms with Crippen molar-refractivity contribution in [3.8, 4) is 11.4 Å². The number of fused-ring (bicyclic) bond motifs is 6. The molecule has 52 heavy (non-hydrogen) atoms. The molecule has 0 aliphatic carbocycles. The van der Waals surface area contributed by atoms with Gasteiger partial charge >= 0.3 is 11.9 Å². The number of ether oxygens (including phenoxy) is 2. The predicted octanol–water partition coefficient (Wildman–Crippen LogP) is 5.17. The van der Waals surface area contributed by atoms with Gasteiger partial charge in [-0.3, -0.25) is 14.9 Å². The molecular weight excluding hydrogens is 686 g/mol. The first kappa shape index (κ1) is 33.0. The van der Waals surface area contributed by atoms with Crippen molar-refractivity contribution in [2.24, 2.45) is 0 Å². The molecule has 0 radical (unpaired) electrons. The fourth-order valence-corrected chi connectivity index (χ4v) is 7.24. The lowest BCUT2D eigenvalue weighted by Gasteiger charge is -2.36. The first-order valence-electron chi connectivity index (χ1n) is 16.6. The lowest BCUT2D eigenvalue weighted by molar-refractivity contribution is -0.190. The number of hydrogen-bond acceptors (Lipinski definition) is 8. The van der Waals surface area contributed by atoms with Crippen molar-refractivity contribution in [3.63, 3.8) is 0 Å². The molecule has 3 aromatic carbocycles. The minimum Gasteiger partial charge on any atom is -0.457 e. The highest BCUT2D eigenvalue weighted by molar-refractivity contribution is 7.80. The summed E-state index contributed by atoms with van der Waals surface area (Å²) in [6.07, 6.45) is 1.75. The van der Waals surface area contributed by atoms with Gasteiger partial charge in [-0.2, -0.15) is 0 Å². The molecule has 13 heteroatoms. The number of nitrogens with one attached hydrogen (secondary N) is 3. The lowest BCUT2D eigenvalue weighted by Crippen LogP contribution is -2.53. The topological polar surface area (TPSA) is 144 Å². The average molecular weight is 716 g/mol. The summed E-state index contributed by atoms with van der Waals surface area (Å²) in [4.78, 5) is 63.1. The van der Waals surface area contributed by atoms with Crippen molar-refractivity contribution in [1.29, 1.82) is 0 Å². The fraction of sp³-hybridized carbons (Fsp3) is 0.179. The van der Waals surface area contributed by atoms with Gasteiger partial charge in [-0.05, 0) is 72.7 Å². The Balaban J connectivity index is 1.15. The van der Waals surface area contributed by atoms with E-state index in [0.29, 0.717) is 17.9 Å². The number of benzene rings is 3. The summed E-state index contributed by atoms with van der Waals surface area (Å²) in [7, 11) is 0. The van der Waals surface area contributed by atoms with E-state index in [1.807, 2.05) is 54.6 Å². The first-order valence-corrected chi connectivity index (χ1v) is 17.0. The maximum Gasteiger partial charge on any atom is 0.355 e. The van der Waals surface area contributed by atoms with E-state index < -0.39 is 35.3 Å². The lowest BCUT2D eigenvalue weighted by atomic mass is 9.85. The fourth-order valence-electron chi connectivity index (χ4n) is 7.01. The second kappa shape index (κ2) is 12.8. The molecule has 3 N–H and O–H groups in total. The van der Waals surface area contributed by atoms with Crippen LogP contribution >= 0.6 is 12.2 Å². The van der Waals surface area contributed by atoms with E-state index in [1.165, 1.54) is 12.1 Å². The van der Waals surface area contributed by atoms with Crippen LogP contribution in [0.25, 0.3) is 33.2 Å². The van der Waals surface area contributed by atoms with Crippen LogP contribution in [0.3, 0.4) is 0 Å². The molecule has 0 bridgehead atoms. The number of carbonyl (C=O) groups is 3. The van der Waals surface area contributed by atoms with Crippen molar-refractivity contribution in [1.82, 2.24) is 25.2 Å². The predicted molar refractivity (Wildman–Crippen MR) is 194 cm³/mol. The molecule has 260 valence electrons. The molecule has 0 spiro atoms. The van der Waals surface area contributed by atoms with Crippen LogP contribution in [-0.4, -0.2) is 43.5 Å². The number of pyridine rings is 2. The molecule has 11 nitrogen and oxygen atoms in total. The second-order valence-corrected chi connectivity index (χ2v) is 13.1. The number of aromatic nitrogens is 3. The van der Waals surface area contributed by atoms with Crippen LogP contribution in [0.15, 0.2) is 95.9 Å². The van der Waals surface area contributed by atoms with E-state index in [-0.39, 0.29) is 46.8 Å². The van der Waals surface area contributed by atoms with Gasteiger partial charge in [0.25, 0.3) is 11.5 Å². The van der Waals surface area contributed by atoms with E-state index in [9.17, 15) is 23.6 Å². The number of esters is 2. The number of hydrogen-bond donors (Lipinski definition) is 3. The van der Waals surface area contributed by atoms with Crippen LogP contribution in [-0.2, 0) is 44.2 Å². The number of thiocarbonyl (C=S) groups is 1. The maximum absolute atomic E-state index is 14.4. The van der Waals surface area contributed by atoms with Gasteiger partial charge in [0.2, 0.25) is 5.60 Å². The number of halogens is 1. The van der Waals surface area contributed by atoms with Gasteiger partial charge in [0.1, 0.15) is 18.5 Å². The molecule has 0 saturated carbocycles. The highest BCUT2D eigenvalue weighted by atomic mass is 32.1. The van der Waals surface area contributed by atoms with Crippen molar-refractivity contribution in [3.05, 3.63) is 135 Å². The molecule has 1 amide bonds. The van der Waals surface area contributed by atoms with Crippen LogP contribution in [0.1, 0.15) is 46.0 Å². The Morgan fingerprint density at radius 1 is 1.08 bits per heavy atom. The quantitative estimate of drug-likeness (QED) is 0.151. The van der Waals surface area contributed by atoms with Gasteiger partial charge in [-0.15, -0.1) is 0 Å². The van der Waals surface area contributed by atoms with Crippen molar-refractivity contribution in [2.45, 2.75) is 44.6 Å². The van der Waals surface area contributed by atoms with E-state index >= 15 is 0 Å². The Bertz CT molecular complexity index is 2530. The number of cyclic esters (lactones) is 1. The Kier molecular flexibility index (Phi) is 8.14. The van der Waals surface area contributed by atoms with E-state index in [4.69, 9.17) is 26.7 Å². The minimum absolute atomic E-state index is 0.0360. The molecule has 5 heterocycles. The molecule has 2 atom stereocenters. The van der Waals surface area contributed by atoms with Crippen molar-refractivity contribution >= 4 is 57.0 Å². The largest absolute Gasteiger partial charge is 0.457 e. The first-order chi connectivity index (χ1) is 25.1. The van der Waals surface area contributed by atoms with Crippen LogP contribution < -0.4 is 16.2 Å². The molecule has 0 unspecified atom stereocenters. The smallest absolute Gasteiger partial charge is 0.355 e. The zero-order chi connectivity index (χ0) is 36.1. The van der Waals surface area contributed by atoms with Crippen molar-refractivity contribution in [2.75, 3.05) is 0 Å². The minimum atomic E-state index is -1.97. The van der Waals surface area contributed by atoms with Gasteiger partial charge in [0, 0.05) is 45.6 Å². The van der Waals surface area contributed by atoms with Gasteiger partial charge in [0.05, 0.1) is 29.0 Å². The van der Waals surface area contributed by atoms with Crippen molar-refractivity contribution < 1.29 is 28.2 Å². The van der Waals surface area contributed by atoms with E-state index in [1.54, 1.807) is 23.8 Å². The van der Waals surface area contributed by atoms with Gasteiger partial charge in [-0.1, -0.05) is 43.3 Å². The number of rotatable bonds is 7. The normalized spacial score (nSPS) is 16.4. The number of nitrogens with zero attached hydrogens (tertiary/aromatic N) is 2. The van der Waals surface area contributed by atoms with Gasteiger partial charge < -0.3 is 24.3 Å². The number of H-pyrrole nitrogens is 1. The number of aromatic amines is 1. The van der Waals surface area contributed by atoms with E-state index in [2.05, 4.69) is 15.6 Å². The molecule has 0 fully saturated rings. The third-order valence-electron chi connectivity index (χ3n) is 9.68. The standard InChI is InChI=1S/C39H30FN5O6S/c1-2-39(28-17-32-33-24(15-22-7-3-5-9-29(22)42-33)19-45(32)35(47)27(28)20-50-37(39)49)51-36(48)31(16-23-18-41-30-10-6-4-8-26(23)30)43-38(52)44-34(46)21-11-13-25(40)14-12-21/h3-15,17-18,31,41H,2,16,19-20H2,1H3,(H2,43,44,46,52)/t31-,39-/m0/s1. The molecule has 6 aromatic rings. The molecule has 2 aliphatic rings. The summed E-state index contributed by atoms with van der Waals surface area (Å²) in [6.45, 7) is 1.68. The summed E-state index contributed by atoms with van der Waals surface area (Å²) in [5.41, 5.74) is 2.53. The summed E-state index contributed by atoms with van der Waals surface area (Å²) in [6, 6.07) is 22.5. The number of carbonyl (C=O) groups excluding carboxylic acids is 3.